The van der Waals surface area contributed by atoms with Crippen molar-refractivity contribution in [3.8, 4) is 17.2 Å². The number of hydrogen-bond acceptors (Lipinski definition) is 9. The summed E-state index contributed by atoms with van der Waals surface area (Å²) in [6.45, 7) is 7.72. The van der Waals surface area contributed by atoms with Crippen LogP contribution in [0.4, 0.5) is 4.39 Å². The Labute approximate surface area is 216 Å². The maximum absolute atomic E-state index is 13.6. The zero-order chi connectivity index (χ0) is 27.0. The molecule has 0 spiro atoms. The molecule has 12 heteroatoms. The Morgan fingerprint density at radius 2 is 1.76 bits per heavy atom. The van der Waals surface area contributed by atoms with Crippen LogP contribution >= 0.6 is 0 Å². The van der Waals surface area contributed by atoms with Crippen molar-refractivity contribution in [2.45, 2.75) is 62.6 Å². The third kappa shape index (κ3) is 5.45. The Morgan fingerprint density at radius 1 is 1.14 bits per heavy atom. The quantitative estimate of drug-likeness (QED) is 0.406. The molecule has 0 N–H and O–H groups in total. The van der Waals surface area contributed by atoms with Crippen molar-refractivity contribution in [2.75, 3.05) is 20.8 Å². The second kappa shape index (κ2) is 10.3. The number of rotatable bonds is 9. The second-order valence-electron chi connectivity index (χ2n) is 9.85. The summed E-state index contributed by atoms with van der Waals surface area (Å²) < 4.78 is 59.4. The van der Waals surface area contributed by atoms with Crippen LogP contribution in [0.1, 0.15) is 63.4 Å². The fourth-order valence-electron chi connectivity index (χ4n) is 4.58. The number of ether oxygens (including phenoxy) is 3. The highest BCUT2D eigenvalue weighted by molar-refractivity contribution is 7.91. The monoisotopic (exact) mass is 533 g/mol. The normalized spacial score (nSPS) is 18.9. The predicted octanol–water partition coefficient (Wildman–Crippen LogP) is 3.60. The average molecular weight is 534 g/mol. The van der Waals surface area contributed by atoms with Crippen LogP contribution in [0.5, 0.6) is 11.5 Å². The standard InChI is InChI=1S/C25H32FN5O5S/c1-15(23-27-11-18(26)12-28-23)16(2)37(32,33)14-21-29-30-24(17-10-25(3,4)36-13-17)31(21)22-19(34-5)8-7-9-20(22)35-6/h7-9,11-12,15-17H,10,13-14H2,1-6H3/t15-,16-,17-/m0/s1. The first-order valence-corrected chi connectivity index (χ1v) is 13.7. The summed E-state index contributed by atoms with van der Waals surface area (Å²) in [4.78, 5) is 7.94. The first kappa shape index (κ1) is 26.9. The van der Waals surface area contributed by atoms with E-state index in [9.17, 15) is 12.8 Å². The molecule has 3 atom stereocenters. The van der Waals surface area contributed by atoms with Crippen LogP contribution in [-0.4, -0.2) is 64.8 Å². The van der Waals surface area contributed by atoms with Crippen molar-refractivity contribution in [1.29, 1.82) is 0 Å². The van der Waals surface area contributed by atoms with Crippen molar-refractivity contribution in [3.63, 3.8) is 0 Å². The number of methoxy groups -OCH3 is 2. The van der Waals surface area contributed by atoms with Gasteiger partial charge in [0.05, 0.1) is 44.1 Å². The third-order valence-electron chi connectivity index (χ3n) is 6.81. The molecule has 0 amide bonds. The minimum absolute atomic E-state index is 0.113. The van der Waals surface area contributed by atoms with Gasteiger partial charge in [-0.1, -0.05) is 13.0 Å². The van der Waals surface area contributed by atoms with Crippen molar-refractivity contribution < 1.29 is 27.0 Å². The van der Waals surface area contributed by atoms with Crippen LogP contribution in [0.3, 0.4) is 0 Å². The van der Waals surface area contributed by atoms with Crippen molar-refractivity contribution >= 4 is 9.84 Å². The molecule has 2 aromatic heterocycles. The Morgan fingerprint density at radius 3 is 2.30 bits per heavy atom. The highest BCUT2D eigenvalue weighted by atomic mass is 32.2. The number of sulfone groups is 1. The molecule has 0 aliphatic carbocycles. The summed E-state index contributed by atoms with van der Waals surface area (Å²) in [6, 6.07) is 5.33. The fourth-order valence-corrected chi connectivity index (χ4v) is 6.13. The molecular weight excluding hydrogens is 501 g/mol. The maximum atomic E-state index is 13.6. The Kier molecular flexibility index (Phi) is 7.52. The molecule has 1 aliphatic rings. The lowest BCUT2D eigenvalue weighted by Gasteiger charge is -2.21. The summed E-state index contributed by atoms with van der Waals surface area (Å²) >= 11 is 0. The van der Waals surface area contributed by atoms with Crippen LogP contribution in [0.25, 0.3) is 5.69 Å². The molecule has 1 fully saturated rings. The molecule has 1 aromatic carbocycles. The number of aromatic nitrogens is 5. The van der Waals surface area contributed by atoms with E-state index in [-0.39, 0.29) is 23.2 Å². The molecule has 37 heavy (non-hydrogen) atoms. The minimum atomic E-state index is -3.78. The smallest absolute Gasteiger partial charge is 0.160 e. The number of para-hydroxylation sites is 1. The molecule has 0 radical (unpaired) electrons. The number of benzene rings is 1. The van der Waals surface area contributed by atoms with Gasteiger partial charge in [0.2, 0.25) is 0 Å². The lowest BCUT2D eigenvalue weighted by molar-refractivity contribution is 0.0360. The van der Waals surface area contributed by atoms with Crippen LogP contribution in [0, 0.1) is 5.82 Å². The molecule has 0 saturated carbocycles. The molecule has 0 bridgehead atoms. The van der Waals surface area contributed by atoms with Crippen molar-refractivity contribution in [3.05, 3.63) is 53.9 Å². The van der Waals surface area contributed by atoms with Crippen molar-refractivity contribution in [1.82, 2.24) is 24.7 Å². The topological polar surface area (TPSA) is 118 Å². The average Bonchev–Trinajstić information content (AvgIpc) is 3.44. The summed E-state index contributed by atoms with van der Waals surface area (Å²) in [5, 5.41) is 7.90. The van der Waals surface area contributed by atoms with Gasteiger partial charge in [-0.15, -0.1) is 10.2 Å². The van der Waals surface area contributed by atoms with Gasteiger partial charge < -0.3 is 14.2 Å². The molecule has 10 nitrogen and oxygen atoms in total. The Bertz CT molecular complexity index is 1340. The third-order valence-corrected chi connectivity index (χ3v) is 9.01. The van der Waals surface area contributed by atoms with Crippen LogP contribution in [0.15, 0.2) is 30.6 Å². The van der Waals surface area contributed by atoms with E-state index in [0.29, 0.717) is 36.0 Å². The Balaban J connectivity index is 1.78. The highest BCUT2D eigenvalue weighted by Gasteiger charge is 2.38. The van der Waals surface area contributed by atoms with Crippen LogP contribution in [0.2, 0.25) is 0 Å². The van der Waals surface area contributed by atoms with Gasteiger partial charge in [-0.05, 0) is 39.3 Å². The summed E-state index contributed by atoms with van der Waals surface area (Å²) in [5.74, 6) is 0.335. The van der Waals surface area contributed by atoms with Gasteiger partial charge >= 0.3 is 0 Å². The minimum Gasteiger partial charge on any atom is -0.494 e. The summed E-state index contributed by atoms with van der Waals surface area (Å²) in [6.07, 6.45) is 2.74. The summed E-state index contributed by atoms with van der Waals surface area (Å²) in [7, 11) is -0.714. The maximum Gasteiger partial charge on any atom is 0.160 e. The van der Waals surface area contributed by atoms with E-state index in [1.165, 1.54) is 14.2 Å². The Hall–Kier alpha value is -3.12. The lowest BCUT2D eigenvalue weighted by Crippen LogP contribution is -2.27. The van der Waals surface area contributed by atoms with E-state index in [1.54, 1.807) is 36.6 Å². The molecule has 4 rings (SSSR count). The fraction of sp³-hybridized carbons (Fsp3) is 0.520. The second-order valence-corrected chi connectivity index (χ2v) is 12.2. The van der Waals surface area contributed by atoms with Crippen LogP contribution < -0.4 is 9.47 Å². The van der Waals surface area contributed by atoms with Gasteiger partial charge in [-0.2, -0.15) is 0 Å². The van der Waals surface area contributed by atoms with E-state index < -0.39 is 32.6 Å². The molecule has 0 unspecified atom stereocenters. The molecule has 1 saturated heterocycles. The largest absolute Gasteiger partial charge is 0.494 e. The highest BCUT2D eigenvalue weighted by Crippen LogP contribution is 2.40. The van der Waals surface area contributed by atoms with Crippen molar-refractivity contribution in [2.24, 2.45) is 0 Å². The summed E-state index contributed by atoms with van der Waals surface area (Å²) in [5.41, 5.74) is 0.169. The molecule has 200 valence electrons. The van der Waals surface area contributed by atoms with Gasteiger partial charge in [0.1, 0.15) is 34.6 Å². The number of halogens is 1. The predicted molar refractivity (Wildman–Crippen MR) is 134 cm³/mol. The molecular formula is C25H32FN5O5S. The molecule has 1 aliphatic heterocycles. The van der Waals surface area contributed by atoms with E-state index in [2.05, 4.69) is 20.2 Å². The van der Waals surface area contributed by atoms with E-state index >= 15 is 0 Å². The van der Waals surface area contributed by atoms with Gasteiger partial charge in [0, 0.05) is 11.8 Å². The van der Waals surface area contributed by atoms with E-state index in [1.807, 2.05) is 13.8 Å². The molecule has 3 heterocycles. The number of nitrogens with zero attached hydrogens (tertiary/aromatic N) is 5. The first-order valence-electron chi connectivity index (χ1n) is 12.0. The zero-order valence-electron chi connectivity index (χ0n) is 21.8. The van der Waals surface area contributed by atoms with Gasteiger partial charge in [0.15, 0.2) is 21.5 Å². The van der Waals surface area contributed by atoms with Gasteiger partial charge in [-0.3, -0.25) is 4.57 Å². The van der Waals surface area contributed by atoms with Crippen LogP contribution in [-0.2, 0) is 20.3 Å². The van der Waals surface area contributed by atoms with E-state index in [4.69, 9.17) is 14.2 Å². The van der Waals surface area contributed by atoms with Gasteiger partial charge in [-0.25, -0.2) is 22.8 Å². The molecule has 3 aromatic rings. The first-order chi connectivity index (χ1) is 17.5. The van der Waals surface area contributed by atoms with Gasteiger partial charge in [0.25, 0.3) is 0 Å². The zero-order valence-corrected chi connectivity index (χ0v) is 22.6. The lowest BCUT2D eigenvalue weighted by atomic mass is 9.97. The number of hydrogen-bond donors (Lipinski definition) is 0. The van der Waals surface area contributed by atoms with E-state index in [0.717, 1.165) is 12.4 Å². The SMILES string of the molecule is COc1cccc(OC)c1-n1c(CS(=O)(=O)[C@@H](C)[C@H](C)c2ncc(F)cn2)nnc1[C@@H]1COC(C)(C)C1.